The molecule has 2 rings (SSSR count). The highest BCUT2D eigenvalue weighted by Gasteiger charge is 2.13. The second-order valence-electron chi connectivity index (χ2n) is 3.47. The summed E-state index contributed by atoms with van der Waals surface area (Å²) in [6.07, 6.45) is 3.73. The summed E-state index contributed by atoms with van der Waals surface area (Å²) in [6.45, 7) is 3.24. The summed E-state index contributed by atoms with van der Waals surface area (Å²) >= 11 is 1.90. The van der Waals surface area contributed by atoms with Crippen LogP contribution in [0.25, 0.3) is 0 Å². The van der Waals surface area contributed by atoms with Gasteiger partial charge in [-0.2, -0.15) is 0 Å². The lowest BCUT2D eigenvalue weighted by Crippen LogP contribution is -2.15. The van der Waals surface area contributed by atoms with Gasteiger partial charge in [0, 0.05) is 18.0 Å². The van der Waals surface area contributed by atoms with Gasteiger partial charge in [0.25, 0.3) is 0 Å². The van der Waals surface area contributed by atoms with Gasteiger partial charge in [-0.15, -0.1) is 11.3 Å². The molecule has 0 unspecified atom stereocenters. The van der Waals surface area contributed by atoms with Crippen molar-refractivity contribution in [1.82, 2.24) is 0 Å². The van der Waals surface area contributed by atoms with Crippen LogP contribution in [0.15, 0.2) is 12.1 Å². The maximum Gasteiger partial charge on any atom is 0.0911 e. The predicted octanol–water partition coefficient (Wildman–Crippen LogP) is 1.85. The first kappa shape index (κ1) is 9.03. The van der Waals surface area contributed by atoms with E-state index in [9.17, 15) is 0 Å². The Balaban J connectivity index is 2.03. The largest absolute Gasteiger partial charge is 0.363 e. The predicted molar refractivity (Wildman–Crippen MR) is 58.5 cm³/mol. The third-order valence-electron chi connectivity index (χ3n) is 2.46. The van der Waals surface area contributed by atoms with Crippen LogP contribution in [0.2, 0.25) is 0 Å². The normalized spacial score (nSPS) is 16.8. The van der Waals surface area contributed by atoms with Crippen molar-refractivity contribution in [3.8, 4) is 0 Å². The topological polar surface area (TPSA) is 29.3 Å². The number of hydrogen-bond acceptors (Lipinski definition) is 3. The van der Waals surface area contributed by atoms with Crippen molar-refractivity contribution in [3.63, 3.8) is 0 Å². The number of anilines is 1. The van der Waals surface area contributed by atoms with Gasteiger partial charge in [-0.3, -0.25) is 0 Å². The second-order valence-corrected chi connectivity index (χ2v) is 4.62. The number of nitrogens with two attached hydrogens (primary N) is 1. The van der Waals surface area contributed by atoms with Gasteiger partial charge in [0.05, 0.1) is 5.00 Å². The Morgan fingerprint density at radius 3 is 2.77 bits per heavy atom. The average molecular weight is 196 g/mol. The highest BCUT2D eigenvalue weighted by molar-refractivity contribution is 7.16. The SMILES string of the molecule is NCCc1ccc(N2CCCC2)s1. The van der Waals surface area contributed by atoms with E-state index in [1.807, 2.05) is 11.3 Å². The summed E-state index contributed by atoms with van der Waals surface area (Å²) < 4.78 is 0. The molecule has 1 saturated heterocycles. The number of rotatable bonds is 3. The zero-order valence-electron chi connectivity index (χ0n) is 7.83. The van der Waals surface area contributed by atoms with E-state index in [0.717, 1.165) is 13.0 Å². The van der Waals surface area contributed by atoms with Gasteiger partial charge < -0.3 is 10.6 Å². The molecule has 0 aliphatic carbocycles. The zero-order valence-corrected chi connectivity index (χ0v) is 8.65. The summed E-state index contributed by atoms with van der Waals surface area (Å²) in [5.74, 6) is 0. The molecule has 2 N–H and O–H groups in total. The molecular weight excluding hydrogens is 180 g/mol. The molecule has 1 aromatic rings. The minimum Gasteiger partial charge on any atom is -0.363 e. The third-order valence-corrected chi connectivity index (χ3v) is 3.66. The van der Waals surface area contributed by atoms with Crippen molar-refractivity contribution in [2.75, 3.05) is 24.5 Å². The standard InChI is InChI=1S/C10H16N2S/c11-6-5-9-3-4-10(13-9)12-7-1-2-8-12/h3-4H,1-2,5-8,11H2. The van der Waals surface area contributed by atoms with Crippen LogP contribution >= 0.6 is 11.3 Å². The van der Waals surface area contributed by atoms with E-state index in [-0.39, 0.29) is 0 Å². The Bertz CT molecular complexity index is 264. The minimum absolute atomic E-state index is 0.764. The van der Waals surface area contributed by atoms with E-state index in [1.165, 1.54) is 35.8 Å². The van der Waals surface area contributed by atoms with E-state index in [4.69, 9.17) is 5.73 Å². The van der Waals surface area contributed by atoms with E-state index < -0.39 is 0 Å². The third kappa shape index (κ3) is 2.03. The van der Waals surface area contributed by atoms with Crippen LogP contribution in [0.3, 0.4) is 0 Å². The Hall–Kier alpha value is -0.540. The zero-order chi connectivity index (χ0) is 9.10. The van der Waals surface area contributed by atoms with Crippen LogP contribution in [0, 0.1) is 0 Å². The van der Waals surface area contributed by atoms with Crippen molar-refractivity contribution < 1.29 is 0 Å². The maximum absolute atomic E-state index is 5.52. The molecule has 0 saturated carbocycles. The van der Waals surface area contributed by atoms with Crippen LogP contribution < -0.4 is 10.6 Å². The number of hydrogen-bond donors (Lipinski definition) is 1. The summed E-state index contributed by atoms with van der Waals surface area (Å²) in [5, 5.41) is 1.43. The second kappa shape index (κ2) is 4.11. The fourth-order valence-electron chi connectivity index (χ4n) is 1.75. The van der Waals surface area contributed by atoms with Gasteiger partial charge in [-0.25, -0.2) is 0 Å². The van der Waals surface area contributed by atoms with Gasteiger partial charge in [0.2, 0.25) is 0 Å². The minimum atomic E-state index is 0.764. The Kier molecular flexibility index (Phi) is 2.86. The molecule has 0 bridgehead atoms. The van der Waals surface area contributed by atoms with Crippen LogP contribution in [0.5, 0.6) is 0 Å². The van der Waals surface area contributed by atoms with Gasteiger partial charge in [-0.1, -0.05) is 0 Å². The van der Waals surface area contributed by atoms with Crippen molar-refractivity contribution in [2.24, 2.45) is 5.73 Å². The Labute approximate surface area is 83.4 Å². The summed E-state index contributed by atoms with van der Waals surface area (Å²) in [5.41, 5.74) is 5.52. The molecule has 0 atom stereocenters. The van der Waals surface area contributed by atoms with Gasteiger partial charge >= 0.3 is 0 Å². The van der Waals surface area contributed by atoms with Gasteiger partial charge in [-0.05, 0) is 37.9 Å². The molecule has 1 aliphatic heterocycles. The molecule has 1 fully saturated rings. The highest BCUT2D eigenvalue weighted by atomic mass is 32.1. The van der Waals surface area contributed by atoms with Gasteiger partial charge in [0.1, 0.15) is 0 Å². The van der Waals surface area contributed by atoms with Crippen LogP contribution in [-0.2, 0) is 6.42 Å². The monoisotopic (exact) mass is 196 g/mol. The lowest BCUT2D eigenvalue weighted by molar-refractivity contribution is 0.949. The smallest absolute Gasteiger partial charge is 0.0911 e. The summed E-state index contributed by atoms with van der Waals surface area (Å²) in [4.78, 5) is 3.90. The van der Waals surface area contributed by atoms with Crippen LogP contribution in [0.4, 0.5) is 5.00 Å². The quantitative estimate of drug-likeness (QED) is 0.799. The highest BCUT2D eigenvalue weighted by Crippen LogP contribution is 2.28. The van der Waals surface area contributed by atoms with Gasteiger partial charge in [0.15, 0.2) is 0 Å². The molecule has 72 valence electrons. The molecule has 13 heavy (non-hydrogen) atoms. The molecule has 2 nitrogen and oxygen atoms in total. The van der Waals surface area contributed by atoms with E-state index in [0.29, 0.717) is 0 Å². The lowest BCUT2D eigenvalue weighted by Gasteiger charge is -2.13. The molecular formula is C10H16N2S. The van der Waals surface area contributed by atoms with E-state index in [2.05, 4.69) is 17.0 Å². The maximum atomic E-state index is 5.52. The number of thiophene rings is 1. The van der Waals surface area contributed by atoms with Crippen molar-refractivity contribution >= 4 is 16.3 Å². The first-order chi connectivity index (χ1) is 6.40. The first-order valence-corrected chi connectivity index (χ1v) is 5.75. The van der Waals surface area contributed by atoms with Crippen LogP contribution in [0.1, 0.15) is 17.7 Å². The molecule has 0 radical (unpaired) electrons. The Morgan fingerprint density at radius 1 is 1.31 bits per heavy atom. The van der Waals surface area contributed by atoms with Crippen molar-refractivity contribution in [1.29, 1.82) is 0 Å². The molecule has 3 heteroatoms. The lowest BCUT2D eigenvalue weighted by atomic mass is 10.3. The fraction of sp³-hybridized carbons (Fsp3) is 0.600. The van der Waals surface area contributed by atoms with E-state index in [1.54, 1.807) is 0 Å². The van der Waals surface area contributed by atoms with Crippen molar-refractivity contribution in [2.45, 2.75) is 19.3 Å². The van der Waals surface area contributed by atoms with Crippen LogP contribution in [-0.4, -0.2) is 19.6 Å². The summed E-state index contributed by atoms with van der Waals surface area (Å²) in [7, 11) is 0. The fourth-order valence-corrected chi connectivity index (χ4v) is 2.82. The average Bonchev–Trinajstić information content (AvgIpc) is 2.70. The summed E-state index contributed by atoms with van der Waals surface area (Å²) in [6, 6.07) is 4.45. The molecule has 1 aromatic heterocycles. The molecule has 2 heterocycles. The molecule has 1 aliphatic rings. The molecule has 0 spiro atoms. The van der Waals surface area contributed by atoms with E-state index >= 15 is 0 Å². The Morgan fingerprint density at radius 2 is 2.08 bits per heavy atom. The number of nitrogens with zero attached hydrogens (tertiary/aromatic N) is 1. The van der Waals surface area contributed by atoms with Crippen molar-refractivity contribution in [3.05, 3.63) is 17.0 Å². The molecule has 0 amide bonds. The first-order valence-electron chi connectivity index (χ1n) is 4.94. The molecule has 0 aromatic carbocycles.